The Morgan fingerprint density at radius 3 is 2.39 bits per heavy atom. The van der Waals surface area contributed by atoms with E-state index in [2.05, 4.69) is 0 Å². The van der Waals surface area contributed by atoms with Crippen LogP contribution in [0.1, 0.15) is 36.7 Å². The Labute approximate surface area is 135 Å². The van der Waals surface area contributed by atoms with Gasteiger partial charge in [0.2, 0.25) is 0 Å². The lowest BCUT2D eigenvalue weighted by atomic mass is 9.85. The SMILES string of the molecule is COc1cc(C(C)(C)C)cc([N+](=O)[O-])c1C(=O)N1CCOCC1. The number of carbonyl (C=O) groups is 1. The Morgan fingerprint density at radius 2 is 1.91 bits per heavy atom. The maximum absolute atomic E-state index is 12.8. The topological polar surface area (TPSA) is 81.9 Å². The number of nitro benzene ring substituents is 1. The van der Waals surface area contributed by atoms with E-state index in [-0.39, 0.29) is 22.4 Å². The van der Waals surface area contributed by atoms with Crippen molar-refractivity contribution in [3.8, 4) is 5.75 Å². The molecule has 126 valence electrons. The molecule has 2 rings (SSSR count). The summed E-state index contributed by atoms with van der Waals surface area (Å²) in [7, 11) is 1.42. The standard InChI is InChI=1S/C16H22N2O5/c1-16(2,3)11-9-12(18(20)21)14(13(10-11)22-4)15(19)17-5-7-23-8-6-17/h9-10H,5-8H2,1-4H3. The second-order valence-corrected chi connectivity index (χ2v) is 6.48. The number of morpholine rings is 1. The van der Waals surface area contributed by atoms with Crippen molar-refractivity contribution < 1.29 is 19.2 Å². The van der Waals surface area contributed by atoms with Gasteiger partial charge in [-0.1, -0.05) is 20.8 Å². The molecular weight excluding hydrogens is 300 g/mol. The van der Waals surface area contributed by atoms with Gasteiger partial charge in [0.05, 0.1) is 25.2 Å². The molecule has 0 unspecified atom stereocenters. The molecule has 0 spiro atoms. The number of hydrogen-bond acceptors (Lipinski definition) is 5. The van der Waals surface area contributed by atoms with Gasteiger partial charge in [0.1, 0.15) is 5.75 Å². The highest BCUT2D eigenvalue weighted by atomic mass is 16.6. The molecule has 0 saturated carbocycles. The molecule has 1 aromatic carbocycles. The van der Waals surface area contributed by atoms with E-state index in [4.69, 9.17) is 9.47 Å². The average molecular weight is 322 g/mol. The zero-order chi connectivity index (χ0) is 17.2. The highest BCUT2D eigenvalue weighted by Gasteiger charge is 2.32. The van der Waals surface area contributed by atoms with Gasteiger partial charge in [0.25, 0.3) is 11.6 Å². The fourth-order valence-corrected chi connectivity index (χ4v) is 2.48. The number of rotatable bonds is 3. The van der Waals surface area contributed by atoms with Gasteiger partial charge in [-0.25, -0.2) is 0 Å². The van der Waals surface area contributed by atoms with Crippen LogP contribution in [0, 0.1) is 10.1 Å². The molecular formula is C16H22N2O5. The summed E-state index contributed by atoms with van der Waals surface area (Å²) in [5, 5.41) is 11.5. The lowest BCUT2D eigenvalue weighted by Crippen LogP contribution is -2.41. The van der Waals surface area contributed by atoms with Crippen LogP contribution >= 0.6 is 0 Å². The van der Waals surface area contributed by atoms with Gasteiger partial charge in [-0.3, -0.25) is 14.9 Å². The van der Waals surface area contributed by atoms with Gasteiger partial charge in [0.15, 0.2) is 5.56 Å². The van der Waals surface area contributed by atoms with Crippen LogP contribution in [0.15, 0.2) is 12.1 Å². The molecule has 0 aromatic heterocycles. The summed E-state index contributed by atoms with van der Waals surface area (Å²) in [5.74, 6) is -0.155. The van der Waals surface area contributed by atoms with Gasteiger partial charge >= 0.3 is 0 Å². The number of amides is 1. The molecule has 1 aliphatic rings. The first-order valence-corrected chi connectivity index (χ1v) is 7.49. The highest BCUT2D eigenvalue weighted by Crippen LogP contribution is 2.36. The molecule has 7 heteroatoms. The summed E-state index contributed by atoms with van der Waals surface area (Å²) in [5.41, 5.74) is 0.247. The Balaban J connectivity index is 2.56. The molecule has 0 N–H and O–H groups in total. The third-order valence-electron chi connectivity index (χ3n) is 3.88. The predicted molar refractivity (Wildman–Crippen MR) is 85.1 cm³/mol. The van der Waals surface area contributed by atoms with Crippen molar-refractivity contribution in [2.24, 2.45) is 0 Å². The van der Waals surface area contributed by atoms with Crippen molar-refractivity contribution >= 4 is 11.6 Å². The van der Waals surface area contributed by atoms with E-state index in [1.807, 2.05) is 20.8 Å². The lowest BCUT2D eigenvalue weighted by Gasteiger charge is -2.28. The first-order chi connectivity index (χ1) is 10.8. The first kappa shape index (κ1) is 17.2. The Morgan fingerprint density at radius 1 is 1.30 bits per heavy atom. The summed E-state index contributed by atoms with van der Waals surface area (Å²) < 4.78 is 10.5. The smallest absolute Gasteiger partial charge is 0.286 e. The molecule has 0 atom stereocenters. The predicted octanol–water partition coefficient (Wildman–Crippen LogP) is 2.37. The molecule has 1 fully saturated rings. The lowest BCUT2D eigenvalue weighted by molar-refractivity contribution is -0.385. The fourth-order valence-electron chi connectivity index (χ4n) is 2.48. The van der Waals surface area contributed by atoms with Crippen molar-refractivity contribution in [2.45, 2.75) is 26.2 Å². The number of carbonyl (C=O) groups excluding carboxylic acids is 1. The summed E-state index contributed by atoms with van der Waals surface area (Å²) in [6, 6.07) is 3.18. The Kier molecular flexibility index (Phi) is 4.89. The fraction of sp³-hybridized carbons (Fsp3) is 0.562. The molecule has 0 aliphatic carbocycles. The van der Waals surface area contributed by atoms with Crippen LogP contribution in [0.4, 0.5) is 5.69 Å². The van der Waals surface area contributed by atoms with Crippen molar-refractivity contribution in [3.63, 3.8) is 0 Å². The molecule has 0 bridgehead atoms. The summed E-state index contributed by atoms with van der Waals surface area (Å²) >= 11 is 0. The van der Waals surface area contributed by atoms with Gasteiger partial charge in [-0.05, 0) is 17.0 Å². The van der Waals surface area contributed by atoms with Crippen LogP contribution in [0.3, 0.4) is 0 Å². The minimum absolute atomic E-state index is 0.00685. The number of nitrogens with zero attached hydrogens (tertiary/aromatic N) is 2. The molecule has 1 saturated heterocycles. The zero-order valence-electron chi connectivity index (χ0n) is 13.9. The third-order valence-corrected chi connectivity index (χ3v) is 3.88. The van der Waals surface area contributed by atoms with Gasteiger partial charge < -0.3 is 14.4 Å². The molecule has 7 nitrogen and oxygen atoms in total. The van der Waals surface area contributed by atoms with E-state index >= 15 is 0 Å². The van der Waals surface area contributed by atoms with Gasteiger partial charge in [-0.15, -0.1) is 0 Å². The van der Waals surface area contributed by atoms with E-state index in [0.29, 0.717) is 26.3 Å². The second-order valence-electron chi connectivity index (χ2n) is 6.48. The molecule has 1 heterocycles. The molecule has 1 aliphatic heterocycles. The molecule has 0 radical (unpaired) electrons. The largest absolute Gasteiger partial charge is 0.496 e. The van der Waals surface area contributed by atoms with Crippen LogP contribution < -0.4 is 4.74 Å². The van der Waals surface area contributed by atoms with E-state index < -0.39 is 10.8 Å². The Bertz CT molecular complexity index is 616. The summed E-state index contributed by atoms with van der Waals surface area (Å²) in [6.45, 7) is 7.56. The van der Waals surface area contributed by atoms with Crippen molar-refractivity contribution in [1.29, 1.82) is 0 Å². The maximum atomic E-state index is 12.8. The van der Waals surface area contributed by atoms with Crippen LogP contribution in [-0.4, -0.2) is 49.1 Å². The minimum Gasteiger partial charge on any atom is -0.496 e. The maximum Gasteiger partial charge on any atom is 0.286 e. The molecule has 23 heavy (non-hydrogen) atoms. The summed E-state index contributed by atoms with van der Waals surface area (Å²) in [4.78, 5) is 25.3. The minimum atomic E-state index is -0.522. The quantitative estimate of drug-likeness (QED) is 0.630. The third kappa shape index (κ3) is 3.61. The number of benzene rings is 1. The number of methoxy groups -OCH3 is 1. The second kappa shape index (κ2) is 6.54. The van der Waals surface area contributed by atoms with E-state index in [1.165, 1.54) is 13.2 Å². The zero-order valence-corrected chi connectivity index (χ0v) is 13.9. The number of ether oxygens (including phenoxy) is 2. The monoisotopic (exact) mass is 322 g/mol. The molecule has 1 amide bonds. The van der Waals surface area contributed by atoms with Crippen molar-refractivity contribution in [2.75, 3.05) is 33.4 Å². The van der Waals surface area contributed by atoms with Crippen LogP contribution in [0.25, 0.3) is 0 Å². The Hall–Kier alpha value is -2.15. The summed E-state index contributed by atoms with van der Waals surface area (Å²) in [6.07, 6.45) is 0. The van der Waals surface area contributed by atoms with Gasteiger partial charge in [-0.2, -0.15) is 0 Å². The number of nitro groups is 1. The van der Waals surface area contributed by atoms with Crippen LogP contribution in [0.5, 0.6) is 5.75 Å². The van der Waals surface area contributed by atoms with Crippen molar-refractivity contribution in [3.05, 3.63) is 33.4 Å². The molecule has 1 aromatic rings. The number of hydrogen-bond donors (Lipinski definition) is 0. The van der Waals surface area contributed by atoms with E-state index in [9.17, 15) is 14.9 Å². The van der Waals surface area contributed by atoms with Crippen LogP contribution in [-0.2, 0) is 10.2 Å². The van der Waals surface area contributed by atoms with E-state index in [1.54, 1.807) is 11.0 Å². The normalized spacial score (nSPS) is 15.4. The van der Waals surface area contributed by atoms with E-state index in [0.717, 1.165) is 5.56 Å². The average Bonchev–Trinajstić information content (AvgIpc) is 2.52. The first-order valence-electron chi connectivity index (χ1n) is 7.49. The van der Waals surface area contributed by atoms with Crippen molar-refractivity contribution in [1.82, 2.24) is 4.90 Å². The highest BCUT2D eigenvalue weighted by molar-refractivity contribution is 6.01. The van der Waals surface area contributed by atoms with Gasteiger partial charge in [0, 0.05) is 19.2 Å². The van der Waals surface area contributed by atoms with Crippen LogP contribution in [0.2, 0.25) is 0 Å².